The number of aliphatic carboxylic acids is 1. The van der Waals surface area contributed by atoms with Crippen LogP contribution in [-0.2, 0) is 11.2 Å². The first-order chi connectivity index (χ1) is 14.8. The van der Waals surface area contributed by atoms with E-state index >= 15 is 0 Å². The number of nitrogens with one attached hydrogen (secondary N) is 1. The van der Waals surface area contributed by atoms with Crippen LogP contribution in [0.3, 0.4) is 0 Å². The van der Waals surface area contributed by atoms with E-state index in [4.69, 9.17) is 14.6 Å². The van der Waals surface area contributed by atoms with Gasteiger partial charge in [0.1, 0.15) is 0 Å². The van der Waals surface area contributed by atoms with Gasteiger partial charge in [0, 0.05) is 5.56 Å². The smallest absolute Gasteiger partial charge is 0.349 e. The standard InChI is InChI=1S/C22H21N3O6/c1-4-7-15-10-14(11-18(30-3)19(15)31-13(2)21(27)28)12-23-25-20(26)16-8-5-6-9-17(16)24-22(25)29/h4-6,8-13H,1,7H2,2-3H3,(H,24,29)(H,27,28)/t13-/m1/s1. The molecule has 1 heterocycles. The zero-order valence-corrected chi connectivity index (χ0v) is 17.0. The van der Waals surface area contributed by atoms with Crippen molar-refractivity contribution in [2.75, 3.05) is 7.11 Å². The Morgan fingerprint density at radius 2 is 2.06 bits per heavy atom. The molecule has 0 amide bonds. The van der Waals surface area contributed by atoms with Crippen molar-refractivity contribution >= 4 is 23.1 Å². The van der Waals surface area contributed by atoms with Gasteiger partial charge in [0.05, 0.1) is 24.2 Å². The van der Waals surface area contributed by atoms with Gasteiger partial charge in [-0.05, 0) is 43.2 Å². The molecule has 0 spiro atoms. The Labute approximate surface area is 176 Å². The Morgan fingerprint density at radius 1 is 1.32 bits per heavy atom. The second-order valence-electron chi connectivity index (χ2n) is 6.64. The molecule has 3 rings (SSSR count). The predicted molar refractivity (Wildman–Crippen MR) is 116 cm³/mol. The number of aromatic amines is 1. The van der Waals surface area contributed by atoms with Gasteiger partial charge in [0.15, 0.2) is 17.6 Å². The summed E-state index contributed by atoms with van der Waals surface area (Å²) < 4.78 is 11.7. The van der Waals surface area contributed by atoms with Crippen molar-refractivity contribution < 1.29 is 19.4 Å². The Balaban J connectivity index is 2.07. The third-order valence-corrected chi connectivity index (χ3v) is 4.49. The molecule has 160 valence electrons. The molecule has 0 aliphatic heterocycles. The van der Waals surface area contributed by atoms with Crippen molar-refractivity contribution in [2.45, 2.75) is 19.4 Å². The highest BCUT2D eigenvalue weighted by molar-refractivity contribution is 5.82. The SMILES string of the molecule is C=CCc1cc(C=Nn2c(=O)[nH]c3ccccc3c2=O)cc(OC)c1O[C@H](C)C(=O)O. The predicted octanol–water partition coefficient (Wildman–Crippen LogP) is 2.16. The first-order valence-corrected chi connectivity index (χ1v) is 9.35. The van der Waals surface area contributed by atoms with Gasteiger partial charge in [0.25, 0.3) is 5.56 Å². The molecule has 0 unspecified atom stereocenters. The number of para-hydroxylation sites is 1. The molecule has 0 saturated carbocycles. The molecule has 9 nitrogen and oxygen atoms in total. The highest BCUT2D eigenvalue weighted by Crippen LogP contribution is 2.34. The summed E-state index contributed by atoms with van der Waals surface area (Å²) in [6.45, 7) is 5.11. The Bertz CT molecular complexity index is 1290. The monoisotopic (exact) mass is 423 g/mol. The van der Waals surface area contributed by atoms with Gasteiger partial charge in [-0.3, -0.25) is 4.79 Å². The Morgan fingerprint density at radius 3 is 2.74 bits per heavy atom. The van der Waals surface area contributed by atoms with Crippen LogP contribution in [0.5, 0.6) is 11.5 Å². The second-order valence-corrected chi connectivity index (χ2v) is 6.64. The average molecular weight is 423 g/mol. The number of rotatable bonds is 8. The van der Waals surface area contributed by atoms with E-state index in [0.717, 1.165) is 4.68 Å². The lowest BCUT2D eigenvalue weighted by molar-refractivity contribution is -0.144. The minimum absolute atomic E-state index is 0.273. The van der Waals surface area contributed by atoms with Crippen molar-refractivity contribution in [1.29, 1.82) is 0 Å². The summed E-state index contributed by atoms with van der Waals surface area (Å²) in [4.78, 5) is 38.7. The maximum atomic E-state index is 12.6. The van der Waals surface area contributed by atoms with E-state index in [9.17, 15) is 14.4 Å². The molecule has 2 aromatic carbocycles. The maximum absolute atomic E-state index is 12.6. The molecule has 0 aliphatic carbocycles. The summed E-state index contributed by atoms with van der Waals surface area (Å²) in [5.41, 5.74) is 0.331. The fourth-order valence-electron chi connectivity index (χ4n) is 2.96. The van der Waals surface area contributed by atoms with Crippen molar-refractivity contribution in [3.8, 4) is 11.5 Å². The highest BCUT2D eigenvalue weighted by Gasteiger charge is 2.19. The number of allylic oxidation sites excluding steroid dienone is 1. The lowest BCUT2D eigenvalue weighted by atomic mass is 10.1. The fraction of sp³-hybridized carbons (Fsp3) is 0.182. The van der Waals surface area contributed by atoms with E-state index in [1.807, 2.05) is 0 Å². The fourth-order valence-corrected chi connectivity index (χ4v) is 2.96. The number of hydrogen-bond donors (Lipinski definition) is 2. The van der Waals surface area contributed by atoms with Crippen LogP contribution in [0.15, 0.2) is 63.7 Å². The van der Waals surface area contributed by atoms with Gasteiger partial charge >= 0.3 is 11.7 Å². The largest absolute Gasteiger partial charge is 0.493 e. The van der Waals surface area contributed by atoms with Crippen molar-refractivity contribution in [2.24, 2.45) is 5.10 Å². The van der Waals surface area contributed by atoms with E-state index in [0.29, 0.717) is 28.5 Å². The van der Waals surface area contributed by atoms with Gasteiger partial charge in [-0.25, -0.2) is 9.59 Å². The van der Waals surface area contributed by atoms with Gasteiger partial charge in [-0.15, -0.1) is 11.3 Å². The van der Waals surface area contributed by atoms with E-state index in [2.05, 4.69) is 16.7 Å². The summed E-state index contributed by atoms with van der Waals surface area (Å²) in [5, 5.41) is 13.5. The number of nitrogens with zero attached hydrogens (tertiary/aromatic N) is 2. The zero-order chi connectivity index (χ0) is 22.5. The number of aromatic nitrogens is 2. The number of H-pyrrole nitrogens is 1. The molecule has 0 fully saturated rings. The van der Waals surface area contributed by atoms with E-state index < -0.39 is 23.3 Å². The Kier molecular flexibility index (Phi) is 6.35. The molecule has 2 N–H and O–H groups in total. The molecule has 0 aliphatic rings. The highest BCUT2D eigenvalue weighted by atomic mass is 16.5. The molecule has 1 atom stereocenters. The third-order valence-electron chi connectivity index (χ3n) is 4.49. The van der Waals surface area contributed by atoms with Crippen LogP contribution < -0.4 is 20.7 Å². The number of carbonyl (C=O) groups is 1. The summed E-state index contributed by atoms with van der Waals surface area (Å²) in [5.74, 6) is -0.559. The van der Waals surface area contributed by atoms with Gasteiger partial charge < -0.3 is 19.6 Å². The van der Waals surface area contributed by atoms with E-state index in [-0.39, 0.29) is 11.5 Å². The van der Waals surface area contributed by atoms with Gasteiger partial charge in [-0.1, -0.05) is 18.2 Å². The molecule has 1 aromatic heterocycles. The molecule has 9 heteroatoms. The van der Waals surface area contributed by atoms with Crippen LogP contribution >= 0.6 is 0 Å². The first-order valence-electron chi connectivity index (χ1n) is 9.35. The minimum atomic E-state index is -1.12. The van der Waals surface area contributed by atoms with Crippen LogP contribution in [0, 0.1) is 0 Å². The zero-order valence-electron chi connectivity index (χ0n) is 17.0. The average Bonchev–Trinajstić information content (AvgIpc) is 2.74. The third kappa shape index (κ3) is 4.55. The maximum Gasteiger partial charge on any atom is 0.349 e. The van der Waals surface area contributed by atoms with Crippen molar-refractivity contribution in [3.63, 3.8) is 0 Å². The molecular formula is C22H21N3O6. The normalized spacial score (nSPS) is 12.1. The Hall–Kier alpha value is -4.14. The molecule has 3 aromatic rings. The lowest BCUT2D eigenvalue weighted by Crippen LogP contribution is -2.32. The van der Waals surface area contributed by atoms with Crippen LogP contribution in [0.1, 0.15) is 18.1 Å². The molecule has 31 heavy (non-hydrogen) atoms. The summed E-state index contributed by atoms with van der Waals surface area (Å²) >= 11 is 0. The summed E-state index contributed by atoms with van der Waals surface area (Å²) in [6.07, 6.45) is 2.25. The minimum Gasteiger partial charge on any atom is -0.493 e. The number of carboxylic acid groups (broad SMARTS) is 1. The number of hydrogen-bond acceptors (Lipinski definition) is 6. The van der Waals surface area contributed by atoms with Gasteiger partial charge in [-0.2, -0.15) is 5.10 Å². The van der Waals surface area contributed by atoms with Crippen molar-refractivity contribution in [1.82, 2.24) is 9.66 Å². The van der Waals surface area contributed by atoms with E-state index in [1.165, 1.54) is 20.2 Å². The van der Waals surface area contributed by atoms with Crippen molar-refractivity contribution in [3.05, 3.63) is 81.0 Å². The molecule has 0 bridgehead atoms. The number of benzene rings is 2. The number of fused-ring (bicyclic) bond motifs is 1. The van der Waals surface area contributed by atoms with Crippen LogP contribution in [0.4, 0.5) is 0 Å². The first kappa shape index (κ1) is 21.6. The molecular weight excluding hydrogens is 402 g/mol. The summed E-state index contributed by atoms with van der Waals surface area (Å²) in [6, 6.07) is 9.90. The second kappa shape index (κ2) is 9.12. The molecule has 0 saturated heterocycles. The van der Waals surface area contributed by atoms with Crippen LogP contribution in [-0.4, -0.2) is 40.2 Å². The number of methoxy groups -OCH3 is 1. The number of ether oxygens (including phenoxy) is 2. The molecule has 0 radical (unpaired) electrons. The van der Waals surface area contributed by atoms with Crippen LogP contribution in [0.25, 0.3) is 10.9 Å². The summed E-state index contributed by atoms with van der Waals surface area (Å²) in [7, 11) is 1.42. The van der Waals surface area contributed by atoms with Gasteiger partial charge in [0.2, 0.25) is 0 Å². The van der Waals surface area contributed by atoms with Crippen LogP contribution in [0.2, 0.25) is 0 Å². The lowest BCUT2D eigenvalue weighted by Gasteiger charge is -2.18. The topological polar surface area (TPSA) is 123 Å². The number of carboxylic acids is 1. The van der Waals surface area contributed by atoms with E-state index in [1.54, 1.807) is 42.5 Å². The quantitative estimate of drug-likeness (QED) is 0.423.